The third kappa shape index (κ3) is 5.50. The van der Waals surface area contributed by atoms with Gasteiger partial charge in [-0.25, -0.2) is 0 Å². The van der Waals surface area contributed by atoms with Gasteiger partial charge in [0.25, 0.3) is 11.8 Å². The largest absolute Gasteiger partial charge is 0.497 e. The Labute approximate surface area is 208 Å². The van der Waals surface area contributed by atoms with Crippen molar-refractivity contribution in [3.8, 4) is 17.2 Å². The van der Waals surface area contributed by atoms with Gasteiger partial charge in [-0.3, -0.25) is 19.8 Å². The summed E-state index contributed by atoms with van der Waals surface area (Å²) in [5.41, 5.74) is 2.11. The lowest BCUT2D eigenvalue weighted by atomic mass is 10.1. The van der Waals surface area contributed by atoms with E-state index in [1.165, 1.54) is 11.0 Å². The number of methoxy groups -OCH3 is 1. The molecular weight excluding hydrogens is 464 g/mol. The van der Waals surface area contributed by atoms with Crippen LogP contribution in [0, 0.1) is 0 Å². The Morgan fingerprint density at radius 3 is 2.37 bits per heavy atom. The molecule has 7 nitrogen and oxygen atoms in total. The van der Waals surface area contributed by atoms with E-state index in [-0.39, 0.29) is 10.7 Å². The van der Waals surface area contributed by atoms with E-state index < -0.39 is 11.8 Å². The molecule has 0 aliphatic carbocycles. The van der Waals surface area contributed by atoms with Crippen LogP contribution >= 0.6 is 12.2 Å². The van der Waals surface area contributed by atoms with Gasteiger partial charge >= 0.3 is 0 Å². The minimum absolute atomic E-state index is 0.0157. The number of carbonyl (C=O) groups excluding carboxylic acids is 2. The second-order valence-electron chi connectivity index (χ2n) is 7.57. The number of nitrogens with zero attached hydrogens (tertiary/aromatic N) is 1. The van der Waals surface area contributed by atoms with E-state index in [1.54, 1.807) is 49.6 Å². The first-order valence-electron chi connectivity index (χ1n) is 11.0. The van der Waals surface area contributed by atoms with Gasteiger partial charge in [0.2, 0.25) is 0 Å². The first kappa shape index (κ1) is 24.0. The Kier molecular flexibility index (Phi) is 7.42. The van der Waals surface area contributed by atoms with E-state index in [4.69, 9.17) is 26.4 Å². The molecule has 1 heterocycles. The van der Waals surface area contributed by atoms with Crippen LogP contribution in [-0.2, 0) is 16.2 Å². The summed E-state index contributed by atoms with van der Waals surface area (Å²) in [6.45, 7) is 2.69. The van der Waals surface area contributed by atoms with Crippen LogP contribution < -0.4 is 24.4 Å². The molecule has 1 N–H and O–H groups in total. The van der Waals surface area contributed by atoms with Crippen LogP contribution in [0.4, 0.5) is 5.69 Å². The number of nitrogens with one attached hydrogen (secondary N) is 1. The Balaban J connectivity index is 1.60. The average Bonchev–Trinajstić information content (AvgIpc) is 2.87. The predicted molar refractivity (Wildman–Crippen MR) is 138 cm³/mol. The molecule has 1 saturated heterocycles. The van der Waals surface area contributed by atoms with E-state index in [0.29, 0.717) is 41.7 Å². The lowest BCUT2D eigenvalue weighted by Crippen LogP contribution is -2.54. The zero-order valence-corrected chi connectivity index (χ0v) is 20.1. The quantitative estimate of drug-likeness (QED) is 0.286. The summed E-state index contributed by atoms with van der Waals surface area (Å²) in [4.78, 5) is 27.2. The summed E-state index contributed by atoms with van der Waals surface area (Å²) >= 11 is 5.26. The van der Waals surface area contributed by atoms with Crippen molar-refractivity contribution < 1.29 is 23.8 Å². The molecule has 0 radical (unpaired) electrons. The van der Waals surface area contributed by atoms with E-state index >= 15 is 0 Å². The number of benzene rings is 3. The van der Waals surface area contributed by atoms with Gasteiger partial charge in [0.05, 0.1) is 19.4 Å². The zero-order valence-electron chi connectivity index (χ0n) is 19.3. The second-order valence-corrected chi connectivity index (χ2v) is 7.96. The maximum atomic E-state index is 13.3. The highest BCUT2D eigenvalue weighted by Crippen LogP contribution is 2.31. The highest BCUT2D eigenvalue weighted by Gasteiger charge is 2.34. The fraction of sp³-hybridized carbons (Fsp3) is 0.148. The minimum Gasteiger partial charge on any atom is -0.497 e. The molecule has 0 unspecified atom stereocenters. The molecule has 1 fully saturated rings. The lowest BCUT2D eigenvalue weighted by molar-refractivity contribution is -0.122. The number of hydrogen-bond donors (Lipinski definition) is 1. The monoisotopic (exact) mass is 488 g/mol. The maximum absolute atomic E-state index is 13.3. The first-order valence-corrected chi connectivity index (χ1v) is 11.4. The SMILES string of the molecule is CCOc1cc(/C=C2\C(=O)NC(=S)N(c3ccc(OC)cc3)C2=O)ccc1OCc1ccccc1. The summed E-state index contributed by atoms with van der Waals surface area (Å²) in [7, 11) is 1.56. The van der Waals surface area contributed by atoms with E-state index in [1.807, 2.05) is 37.3 Å². The van der Waals surface area contributed by atoms with Gasteiger partial charge in [0.1, 0.15) is 17.9 Å². The Morgan fingerprint density at radius 1 is 0.943 bits per heavy atom. The molecule has 1 aliphatic heterocycles. The Morgan fingerprint density at radius 2 is 1.69 bits per heavy atom. The van der Waals surface area contributed by atoms with Crippen molar-refractivity contribution in [2.45, 2.75) is 13.5 Å². The maximum Gasteiger partial charge on any atom is 0.270 e. The molecule has 0 bridgehead atoms. The average molecular weight is 489 g/mol. The Hall–Kier alpha value is -4.17. The summed E-state index contributed by atoms with van der Waals surface area (Å²) in [6, 6.07) is 21.9. The molecule has 0 atom stereocenters. The van der Waals surface area contributed by atoms with Gasteiger partial charge in [-0.1, -0.05) is 36.4 Å². The zero-order chi connectivity index (χ0) is 24.8. The standard InChI is InChI=1S/C27H24N2O5S/c1-3-33-24-16-19(9-14-23(24)34-17-18-7-5-4-6-8-18)15-22-25(30)28-27(35)29(26(22)31)20-10-12-21(32-2)13-11-20/h4-16H,3,17H2,1-2H3,(H,28,30,35)/b22-15+. The minimum atomic E-state index is -0.563. The van der Waals surface area contributed by atoms with Crippen LogP contribution in [0.2, 0.25) is 0 Å². The smallest absolute Gasteiger partial charge is 0.270 e. The van der Waals surface area contributed by atoms with Crippen LogP contribution in [0.25, 0.3) is 6.08 Å². The van der Waals surface area contributed by atoms with Gasteiger partial charge in [-0.05, 0) is 72.7 Å². The molecule has 4 rings (SSSR count). The molecular formula is C27H24N2O5S. The molecule has 0 spiro atoms. The first-order chi connectivity index (χ1) is 17.0. The normalized spacial score (nSPS) is 14.6. The highest BCUT2D eigenvalue weighted by atomic mass is 32.1. The number of hydrogen-bond acceptors (Lipinski definition) is 6. The van der Waals surface area contributed by atoms with Gasteiger partial charge in [0.15, 0.2) is 16.6 Å². The van der Waals surface area contributed by atoms with Crippen molar-refractivity contribution in [3.05, 3.63) is 89.5 Å². The summed E-state index contributed by atoms with van der Waals surface area (Å²) < 4.78 is 16.9. The molecule has 35 heavy (non-hydrogen) atoms. The highest BCUT2D eigenvalue weighted by molar-refractivity contribution is 7.80. The molecule has 1 aliphatic rings. The van der Waals surface area contributed by atoms with Crippen LogP contribution in [0.1, 0.15) is 18.1 Å². The molecule has 0 aromatic heterocycles. The number of amides is 2. The molecule has 8 heteroatoms. The van der Waals surface area contributed by atoms with Gasteiger partial charge < -0.3 is 14.2 Å². The van der Waals surface area contributed by atoms with E-state index in [9.17, 15) is 9.59 Å². The third-order valence-electron chi connectivity index (χ3n) is 5.25. The molecule has 3 aromatic rings. The fourth-order valence-electron chi connectivity index (χ4n) is 3.53. The van der Waals surface area contributed by atoms with Crippen LogP contribution in [0.15, 0.2) is 78.4 Å². The van der Waals surface area contributed by atoms with Crippen molar-refractivity contribution in [1.29, 1.82) is 0 Å². The molecule has 0 saturated carbocycles. The number of thiocarbonyl (C=S) groups is 1. The predicted octanol–water partition coefficient (Wildman–Crippen LogP) is 4.50. The molecule has 178 valence electrons. The van der Waals surface area contributed by atoms with Crippen molar-refractivity contribution in [2.24, 2.45) is 0 Å². The number of ether oxygens (including phenoxy) is 3. The summed E-state index contributed by atoms with van der Waals surface area (Å²) in [6.07, 6.45) is 1.51. The lowest BCUT2D eigenvalue weighted by Gasteiger charge is -2.29. The van der Waals surface area contributed by atoms with Crippen molar-refractivity contribution in [3.63, 3.8) is 0 Å². The van der Waals surface area contributed by atoms with Crippen LogP contribution in [0.3, 0.4) is 0 Å². The van der Waals surface area contributed by atoms with E-state index in [2.05, 4.69) is 5.32 Å². The Bertz CT molecular complexity index is 1270. The number of carbonyl (C=O) groups is 2. The summed E-state index contributed by atoms with van der Waals surface area (Å²) in [5, 5.41) is 2.60. The van der Waals surface area contributed by atoms with Crippen molar-refractivity contribution in [2.75, 3.05) is 18.6 Å². The van der Waals surface area contributed by atoms with Gasteiger partial charge in [-0.2, -0.15) is 0 Å². The second kappa shape index (κ2) is 10.8. The van der Waals surface area contributed by atoms with Gasteiger partial charge in [-0.15, -0.1) is 0 Å². The molecule has 3 aromatic carbocycles. The van der Waals surface area contributed by atoms with Gasteiger partial charge in [0, 0.05) is 0 Å². The van der Waals surface area contributed by atoms with Crippen LogP contribution in [0.5, 0.6) is 17.2 Å². The number of rotatable bonds is 8. The molecule has 2 amide bonds. The number of anilines is 1. The van der Waals surface area contributed by atoms with E-state index in [0.717, 1.165) is 5.56 Å². The van der Waals surface area contributed by atoms with Crippen LogP contribution in [-0.4, -0.2) is 30.6 Å². The van der Waals surface area contributed by atoms with Crippen molar-refractivity contribution in [1.82, 2.24) is 5.32 Å². The fourth-order valence-corrected chi connectivity index (χ4v) is 3.81. The summed E-state index contributed by atoms with van der Waals surface area (Å²) in [5.74, 6) is 0.641. The van der Waals surface area contributed by atoms with Crippen molar-refractivity contribution >= 4 is 40.9 Å². The topological polar surface area (TPSA) is 77.1 Å². The third-order valence-corrected chi connectivity index (χ3v) is 5.53.